The van der Waals surface area contributed by atoms with E-state index in [9.17, 15) is 8.78 Å². The minimum absolute atomic E-state index is 0.313. The molecule has 0 aliphatic carbocycles. The second-order valence-electron chi connectivity index (χ2n) is 4.64. The first-order valence-electron chi connectivity index (χ1n) is 6.34. The van der Waals surface area contributed by atoms with Crippen molar-refractivity contribution in [1.29, 1.82) is 0 Å². The summed E-state index contributed by atoms with van der Waals surface area (Å²) in [5, 5.41) is 0. The van der Waals surface area contributed by atoms with Crippen molar-refractivity contribution in [2.45, 2.75) is 6.54 Å². The Kier molecular flexibility index (Phi) is 3.84. The van der Waals surface area contributed by atoms with Crippen LogP contribution in [0.5, 0.6) is 0 Å². The predicted octanol–water partition coefficient (Wildman–Crippen LogP) is 4.64. The minimum atomic E-state index is -0.328. The standard InChI is InChI=1S/C16H11BrF2N2/c17-12-7-11(8-13(18)9-12)10-21-6-5-20-16(21)14-3-1-2-4-15(14)19/h1-9H,10H2. The lowest BCUT2D eigenvalue weighted by Gasteiger charge is -2.09. The van der Waals surface area contributed by atoms with Gasteiger partial charge in [-0.3, -0.25) is 0 Å². The molecule has 0 fully saturated rings. The first-order valence-corrected chi connectivity index (χ1v) is 7.14. The minimum Gasteiger partial charge on any atom is -0.326 e. The van der Waals surface area contributed by atoms with Crippen molar-refractivity contribution in [3.8, 4) is 11.4 Å². The quantitative estimate of drug-likeness (QED) is 0.674. The number of hydrogen-bond donors (Lipinski definition) is 0. The highest BCUT2D eigenvalue weighted by Crippen LogP contribution is 2.22. The van der Waals surface area contributed by atoms with Crippen LogP contribution in [0.25, 0.3) is 11.4 Å². The summed E-state index contributed by atoms with van der Waals surface area (Å²) >= 11 is 3.27. The van der Waals surface area contributed by atoms with Gasteiger partial charge in [0.05, 0.1) is 5.56 Å². The Bertz CT molecular complexity index is 763. The molecule has 0 saturated heterocycles. The second kappa shape index (κ2) is 5.77. The van der Waals surface area contributed by atoms with Gasteiger partial charge in [0.25, 0.3) is 0 Å². The summed E-state index contributed by atoms with van der Waals surface area (Å²) in [7, 11) is 0. The highest BCUT2D eigenvalue weighted by Gasteiger charge is 2.11. The summed E-state index contributed by atoms with van der Waals surface area (Å²) in [5.74, 6) is -0.120. The van der Waals surface area contributed by atoms with E-state index in [1.54, 1.807) is 35.2 Å². The van der Waals surface area contributed by atoms with Crippen LogP contribution in [0.15, 0.2) is 59.3 Å². The summed E-state index contributed by atoms with van der Waals surface area (Å²) < 4.78 is 29.8. The monoisotopic (exact) mass is 348 g/mol. The third-order valence-electron chi connectivity index (χ3n) is 3.11. The van der Waals surface area contributed by atoms with E-state index < -0.39 is 0 Å². The highest BCUT2D eigenvalue weighted by molar-refractivity contribution is 9.10. The molecule has 106 valence electrons. The maximum Gasteiger partial charge on any atom is 0.143 e. The van der Waals surface area contributed by atoms with E-state index in [1.165, 1.54) is 18.2 Å². The molecule has 2 aromatic carbocycles. The zero-order valence-corrected chi connectivity index (χ0v) is 12.5. The Morgan fingerprint density at radius 1 is 1.10 bits per heavy atom. The van der Waals surface area contributed by atoms with Gasteiger partial charge in [0.1, 0.15) is 17.5 Å². The number of nitrogens with zero attached hydrogens (tertiary/aromatic N) is 2. The molecule has 0 N–H and O–H groups in total. The van der Waals surface area contributed by atoms with Gasteiger partial charge in [0, 0.05) is 23.4 Å². The van der Waals surface area contributed by atoms with Crippen LogP contribution >= 0.6 is 15.9 Å². The third-order valence-corrected chi connectivity index (χ3v) is 3.56. The Balaban J connectivity index is 1.98. The van der Waals surface area contributed by atoms with Crippen molar-refractivity contribution in [1.82, 2.24) is 9.55 Å². The topological polar surface area (TPSA) is 17.8 Å². The zero-order valence-electron chi connectivity index (χ0n) is 10.9. The molecule has 0 spiro atoms. The lowest BCUT2D eigenvalue weighted by molar-refractivity contribution is 0.621. The molecule has 1 heterocycles. The molecular weight excluding hydrogens is 338 g/mol. The van der Waals surface area contributed by atoms with Crippen molar-refractivity contribution < 1.29 is 8.78 Å². The van der Waals surface area contributed by atoms with Crippen LogP contribution in [0.2, 0.25) is 0 Å². The lowest BCUT2D eigenvalue weighted by Crippen LogP contribution is -2.02. The maximum atomic E-state index is 13.9. The van der Waals surface area contributed by atoms with Crippen molar-refractivity contribution >= 4 is 15.9 Å². The van der Waals surface area contributed by atoms with Gasteiger partial charge in [-0.1, -0.05) is 28.1 Å². The average Bonchev–Trinajstić information content (AvgIpc) is 2.86. The van der Waals surface area contributed by atoms with Crippen molar-refractivity contribution in [2.24, 2.45) is 0 Å². The molecule has 3 rings (SSSR count). The van der Waals surface area contributed by atoms with E-state index in [1.807, 2.05) is 6.07 Å². The Hall–Kier alpha value is -2.01. The third kappa shape index (κ3) is 3.03. The normalized spacial score (nSPS) is 10.8. The van der Waals surface area contributed by atoms with Crippen LogP contribution in [0.4, 0.5) is 8.78 Å². The van der Waals surface area contributed by atoms with E-state index in [0.29, 0.717) is 22.4 Å². The van der Waals surface area contributed by atoms with E-state index in [0.717, 1.165) is 5.56 Å². The molecule has 0 aliphatic heterocycles. The fourth-order valence-corrected chi connectivity index (χ4v) is 2.74. The smallest absolute Gasteiger partial charge is 0.143 e. The van der Waals surface area contributed by atoms with Gasteiger partial charge in [-0.15, -0.1) is 0 Å². The first-order chi connectivity index (χ1) is 10.1. The van der Waals surface area contributed by atoms with Crippen LogP contribution in [0.3, 0.4) is 0 Å². The predicted molar refractivity (Wildman–Crippen MR) is 80.8 cm³/mol. The molecule has 1 aromatic heterocycles. The van der Waals surface area contributed by atoms with Crippen LogP contribution in [-0.2, 0) is 6.54 Å². The van der Waals surface area contributed by atoms with Crippen LogP contribution in [-0.4, -0.2) is 9.55 Å². The molecule has 0 unspecified atom stereocenters. The molecule has 0 radical (unpaired) electrons. The summed E-state index contributed by atoms with van der Waals surface area (Å²) in [5.41, 5.74) is 1.20. The molecule has 2 nitrogen and oxygen atoms in total. The van der Waals surface area contributed by atoms with Crippen molar-refractivity contribution in [2.75, 3.05) is 0 Å². The molecule has 5 heteroatoms. The van der Waals surface area contributed by atoms with E-state index in [2.05, 4.69) is 20.9 Å². The van der Waals surface area contributed by atoms with Gasteiger partial charge in [0.2, 0.25) is 0 Å². The average molecular weight is 349 g/mol. The molecule has 0 bridgehead atoms. The van der Waals surface area contributed by atoms with Crippen LogP contribution < -0.4 is 0 Å². The van der Waals surface area contributed by atoms with Crippen molar-refractivity contribution in [3.05, 3.63) is 76.5 Å². The Morgan fingerprint density at radius 3 is 2.67 bits per heavy atom. The van der Waals surface area contributed by atoms with Gasteiger partial charge in [-0.05, 0) is 35.9 Å². The Labute approximate surface area is 129 Å². The largest absolute Gasteiger partial charge is 0.326 e. The van der Waals surface area contributed by atoms with E-state index in [4.69, 9.17) is 0 Å². The fraction of sp³-hybridized carbons (Fsp3) is 0.0625. The molecule has 0 amide bonds. The van der Waals surface area contributed by atoms with E-state index in [-0.39, 0.29) is 11.6 Å². The summed E-state index contributed by atoms with van der Waals surface area (Å²) in [4.78, 5) is 4.21. The van der Waals surface area contributed by atoms with Gasteiger partial charge in [-0.2, -0.15) is 0 Å². The SMILES string of the molecule is Fc1cc(Br)cc(Cn2ccnc2-c2ccccc2F)c1. The molecule has 0 atom stereocenters. The Morgan fingerprint density at radius 2 is 1.90 bits per heavy atom. The number of hydrogen-bond acceptors (Lipinski definition) is 1. The number of halogens is 3. The summed E-state index contributed by atoms with van der Waals surface area (Å²) in [6.45, 7) is 0.417. The molecular formula is C16H11BrF2N2. The first kappa shape index (κ1) is 13.9. The number of rotatable bonds is 3. The summed E-state index contributed by atoms with van der Waals surface area (Å²) in [6, 6.07) is 11.1. The highest BCUT2D eigenvalue weighted by atomic mass is 79.9. The molecule has 0 saturated carbocycles. The number of imidazole rings is 1. The van der Waals surface area contributed by atoms with Crippen LogP contribution in [0.1, 0.15) is 5.56 Å². The number of aromatic nitrogens is 2. The van der Waals surface area contributed by atoms with Gasteiger partial charge in [-0.25, -0.2) is 13.8 Å². The number of benzene rings is 2. The van der Waals surface area contributed by atoms with Crippen LogP contribution in [0, 0.1) is 11.6 Å². The molecule has 3 aromatic rings. The van der Waals surface area contributed by atoms with Crippen molar-refractivity contribution in [3.63, 3.8) is 0 Å². The van der Waals surface area contributed by atoms with Gasteiger partial charge in [0.15, 0.2) is 0 Å². The molecule has 0 aliphatic rings. The van der Waals surface area contributed by atoms with Gasteiger partial charge < -0.3 is 4.57 Å². The van der Waals surface area contributed by atoms with E-state index >= 15 is 0 Å². The second-order valence-corrected chi connectivity index (χ2v) is 5.55. The fourth-order valence-electron chi connectivity index (χ4n) is 2.22. The maximum absolute atomic E-state index is 13.9. The lowest BCUT2D eigenvalue weighted by atomic mass is 10.2. The molecule has 21 heavy (non-hydrogen) atoms. The zero-order chi connectivity index (χ0) is 14.8. The van der Waals surface area contributed by atoms with Gasteiger partial charge >= 0.3 is 0 Å². The summed E-state index contributed by atoms with van der Waals surface area (Å²) in [6.07, 6.45) is 3.36.